The Labute approximate surface area is 177 Å². The molecule has 0 unspecified atom stereocenters. The van der Waals surface area contributed by atoms with E-state index in [1.54, 1.807) is 30.6 Å². The van der Waals surface area contributed by atoms with Gasteiger partial charge in [-0.05, 0) is 25.1 Å². The van der Waals surface area contributed by atoms with Crippen molar-refractivity contribution < 1.29 is 9.18 Å². The number of piperazine rings is 1. The van der Waals surface area contributed by atoms with Gasteiger partial charge >= 0.3 is 0 Å². The Morgan fingerprint density at radius 1 is 1.17 bits per heavy atom. The molecule has 2 aromatic heterocycles. The second kappa shape index (κ2) is 8.52. The van der Waals surface area contributed by atoms with Crippen molar-refractivity contribution in [3.63, 3.8) is 0 Å². The third-order valence-electron chi connectivity index (χ3n) is 4.85. The van der Waals surface area contributed by atoms with Crippen LogP contribution in [0.5, 0.6) is 0 Å². The average Bonchev–Trinajstić information content (AvgIpc) is 3.13. The van der Waals surface area contributed by atoms with Gasteiger partial charge in [0.1, 0.15) is 10.7 Å². The summed E-state index contributed by atoms with van der Waals surface area (Å²) in [4.78, 5) is 30.4. The Morgan fingerprint density at radius 2 is 1.90 bits per heavy atom. The third-order valence-corrected chi connectivity index (χ3v) is 6.35. The van der Waals surface area contributed by atoms with Crippen molar-refractivity contribution in [3.05, 3.63) is 63.6 Å². The van der Waals surface area contributed by atoms with Crippen LogP contribution in [0.2, 0.25) is 5.02 Å². The van der Waals surface area contributed by atoms with Crippen molar-refractivity contribution in [3.8, 4) is 10.8 Å². The zero-order chi connectivity index (χ0) is 20.4. The van der Waals surface area contributed by atoms with Gasteiger partial charge in [-0.25, -0.2) is 19.3 Å². The summed E-state index contributed by atoms with van der Waals surface area (Å²) in [5.41, 5.74) is 1.18. The highest BCUT2D eigenvalue weighted by molar-refractivity contribution is 7.17. The van der Waals surface area contributed by atoms with Crippen LogP contribution >= 0.6 is 22.9 Å². The van der Waals surface area contributed by atoms with Gasteiger partial charge in [0.15, 0.2) is 10.8 Å². The predicted molar refractivity (Wildman–Crippen MR) is 110 cm³/mol. The number of thiazole rings is 1. The summed E-state index contributed by atoms with van der Waals surface area (Å²) in [5, 5.41) is 1.07. The van der Waals surface area contributed by atoms with Gasteiger partial charge < -0.3 is 4.90 Å². The number of amides is 1. The highest BCUT2D eigenvalue weighted by Crippen LogP contribution is 2.27. The number of aryl methyl sites for hydroxylation is 1. The van der Waals surface area contributed by atoms with Gasteiger partial charge in [0.25, 0.3) is 5.91 Å². The van der Waals surface area contributed by atoms with Crippen LogP contribution in [0.4, 0.5) is 4.39 Å². The third kappa shape index (κ3) is 4.29. The molecule has 1 amide bonds. The molecule has 0 N–H and O–H groups in total. The fraction of sp³-hybridized carbons (Fsp3) is 0.300. The van der Waals surface area contributed by atoms with E-state index < -0.39 is 0 Å². The fourth-order valence-corrected chi connectivity index (χ4v) is 4.46. The molecule has 1 aromatic carbocycles. The zero-order valence-corrected chi connectivity index (χ0v) is 17.4. The van der Waals surface area contributed by atoms with E-state index in [2.05, 4.69) is 19.9 Å². The maximum atomic E-state index is 14.0. The molecule has 4 rings (SSSR count). The first-order valence-corrected chi connectivity index (χ1v) is 10.4. The van der Waals surface area contributed by atoms with Crippen LogP contribution in [0.25, 0.3) is 10.8 Å². The quantitative estimate of drug-likeness (QED) is 0.630. The normalized spacial score (nSPS) is 14.9. The van der Waals surface area contributed by atoms with Gasteiger partial charge in [0, 0.05) is 55.7 Å². The van der Waals surface area contributed by atoms with E-state index in [4.69, 9.17) is 11.6 Å². The van der Waals surface area contributed by atoms with Gasteiger partial charge in [0.2, 0.25) is 0 Å². The van der Waals surface area contributed by atoms with E-state index in [0.29, 0.717) is 64.7 Å². The van der Waals surface area contributed by atoms with Crippen molar-refractivity contribution in [2.45, 2.75) is 13.5 Å². The summed E-state index contributed by atoms with van der Waals surface area (Å²) in [5.74, 6) is 0.184. The molecule has 1 aliphatic rings. The number of halogens is 2. The molecule has 29 heavy (non-hydrogen) atoms. The Kier molecular flexibility index (Phi) is 5.84. The minimum Gasteiger partial charge on any atom is -0.335 e. The summed E-state index contributed by atoms with van der Waals surface area (Å²) in [6.45, 7) is 4.71. The van der Waals surface area contributed by atoms with Crippen LogP contribution in [0.15, 0.2) is 36.7 Å². The standard InChI is InChI=1S/C20H19ClFN5OS/c1-13-17(29-19(25-13)18-23-6-3-7-24-18)20(28)27-10-8-26(9-11-27)12-14-15(21)4-2-5-16(14)22/h2-7H,8-12H2,1H3. The van der Waals surface area contributed by atoms with Crippen molar-refractivity contribution in [2.24, 2.45) is 0 Å². The molecule has 0 aliphatic carbocycles. The number of hydrogen-bond acceptors (Lipinski definition) is 6. The zero-order valence-electron chi connectivity index (χ0n) is 15.8. The number of hydrogen-bond donors (Lipinski definition) is 0. The monoisotopic (exact) mass is 431 g/mol. The highest BCUT2D eigenvalue weighted by Gasteiger charge is 2.26. The highest BCUT2D eigenvalue weighted by atomic mass is 35.5. The molecule has 0 radical (unpaired) electrons. The fourth-order valence-electron chi connectivity index (χ4n) is 3.26. The van der Waals surface area contributed by atoms with E-state index in [0.717, 1.165) is 0 Å². The first-order valence-electron chi connectivity index (χ1n) is 9.22. The number of benzene rings is 1. The molecule has 3 heterocycles. The summed E-state index contributed by atoms with van der Waals surface area (Å²) in [6.07, 6.45) is 3.31. The lowest BCUT2D eigenvalue weighted by Gasteiger charge is -2.34. The van der Waals surface area contributed by atoms with Gasteiger partial charge in [-0.1, -0.05) is 17.7 Å². The van der Waals surface area contributed by atoms with E-state index in [9.17, 15) is 9.18 Å². The van der Waals surface area contributed by atoms with E-state index in [-0.39, 0.29) is 11.7 Å². The maximum absolute atomic E-state index is 14.0. The number of rotatable bonds is 4. The first-order chi connectivity index (χ1) is 14.0. The van der Waals surface area contributed by atoms with Gasteiger partial charge in [-0.3, -0.25) is 9.69 Å². The molecule has 0 atom stereocenters. The smallest absolute Gasteiger partial charge is 0.265 e. The Morgan fingerprint density at radius 3 is 2.59 bits per heavy atom. The summed E-state index contributed by atoms with van der Waals surface area (Å²) in [7, 11) is 0. The van der Waals surface area contributed by atoms with Crippen LogP contribution in [0.1, 0.15) is 20.9 Å². The minimum absolute atomic E-state index is 0.0363. The Bertz CT molecular complexity index is 1000. The molecule has 9 heteroatoms. The molecule has 6 nitrogen and oxygen atoms in total. The summed E-state index contributed by atoms with van der Waals surface area (Å²) in [6, 6.07) is 6.45. The van der Waals surface area contributed by atoms with Gasteiger partial charge in [-0.2, -0.15) is 0 Å². The minimum atomic E-state index is -0.299. The summed E-state index contributed by atoms with van der Waals surface area (Å²) >= 11 is 7.44. The van der Waals surface area contributed by atoms with Crippen molar-refractivity contribution in [2.75, 3.05) is 26.2 Å². The molecule has 1 aliphatic heterocycles. The molecule has 1 fully saturated rings. The van der Waals surface area contributed by atoms with Crippen LogP contribution in [0.3, 0.4) is 0 Å². The lowest BCUT2D eigenvalue weighted by molar-refractivity contribution is 0.0631. The average molecular weight is 432 g/mol. The van der Waals surface area contributed by atoms with Crippen LogP contribution in [-0.4, -0.2) is 56.8 Å². The van der Waals surface area contributed by atoms with Crippen LogP contribution < -0.4 is 0 Å². The lowest BCUT2D eigenvalue weighted by atomic mass is 10.1. The first kappa shape index (κ1) is 19.9. The number of carbonyl (C=O) groups excluding carboxylic acids is 1. The van der Waals surface area contributed by atoms with Crippen LogP contribution in [0, 0.1) is 12.7 Å². The molecular weight excluding hydrogens is 413 g/mol. The van der Waals surface area contributed by atoms with E-state index in [1.807, 2.05) is 11.8 Å². The Balaban J connectivity index is 1.41. The molecule has 0 bridgehead atoms. The molecular formula is C20H19ClFN5OS. The molecule has 3 aromatic rings. The number of carbonyl (C=O) groups is 1. The second-order valence-electron chi connectivity index (χ2n) is 6.77. The molecule has 0 spiro atoms. The predicted octanol–water partition coefficient (Wildman–Crippen LogP) is 3.66. The number of aromatic nitrogens is 3. The van der Waals surface area contributed by atoms with Crippen molar-refractivity contribution in [1.29, 1.82) is 0 Å². The summed E-state index contributed by atoms with van der Waals surface area (Å²) < 4.78 is 14.0. The molecule has 0 saturated carbocycles. The van der Waals surface area contributed by atoms with Gasteiger partial charge in [-0.15, -0.1) is 11.3 Å². The molecule has 1 saturated heterocycles. The van der Waals surface area contributed by atoms with Crippen molar-refractivity contribution in [1.82, 2.24) is 24.8 Å². The molecule has 150 valence electrons. The topological polar surface area (TPSA) is 62.2 Å². The van der Waals surface area contributed by atoms with Gasteiger partial charge in [0.05, 0.1) is 5.69 Å². The second-order valence-corrected chi connectivity index (χ2v) is 8.18. The lowest BCUT2D eigenvalue weighted by Crippen LogP contribution is -2.48. The SMILES string of the molecule is Cc1nc(-c2ncccn2)sc1C(=O)N1CCN(Cc2c(F)cccc2Cl)CC1. The van der Waals surface area contributed by atoms with E-state index >= 15 is 0 Å². The van der Waals surface area contributed by atoms with Crippen LogP contribution in [-0.2, 0) is 6.54 Å². The van der Waals surface area contributed by atoms with E-state index in [1.165, 1.54) is 17.4 Å². The Hall–Kier alpha value is -2.42. The van der Waals surface area contributed by atoms with Crippen molar-refractivity contribution >= 4 is 28.8 Å². The maximum Gasteiger partial charge on any atom is 0.265 e. The largest absolute Gasteiger partial charge is 0.335 e. The number of nitrogens with zero attached hydrogens (tertiary/aromatic N) is 5.